The second kappa shape index (κ2) is 15.4. The van der Waals surface area contributed by atoms with Gasteiger partial charge in [0.2, 0.25) is 0 Å². The van der Waals surface area contributed by atoms with Crippen molar-refractivity contribution in [3.63, 3.8) is 0 Å². The zero-order chi connectivity index (χ0) is 21.8. The molecule has 0 aliphatic rings. The SMILES string of the molecule is CCCCCCCCCCCCc1ccccc1Oc1cc(S(=O)(=O)O)ccc1[O-].[K+]. The third kappa shape index (κ3) is 10.8. The van der Waals surface area contributed by atoms with Gasteiger partial charge in [0.15, 0.2) is 0 Å². The van der Waals surface area contributed by atoms with E-state index >= 15 is 0 Å². The van der Waals surface area contributed by atoms with Crippen LogP contribution < -0.4 is 61.2 Å². The number of unbranched alkanes of at least 4 members (excludes halogenated alkanes) is 9. The first kappa shape index (κ1) is 28.6. The average molecular weight is 473 g/mol. The number of ether oxygens (including phenoxy) is 1. The summed E-state index contributed by atoms with van der Waals surface area (Å²) in [5.74, 6) is -0.00482. The molecule has 1 N–H and O–H groups in total. The van der Waals surface area contributed by atoms with E-state index in [0.717, 1.165) is 43.0 Å². The Bertz CT molecular complexity index is 883. The number of hydrogen-bond acceptors (Lipinski definition) is 4. The molecule has 0 atom stereocenters. The third-order valence-electron chi connectivity index (χ3n) is 5.21. The van der Waals surface area contributed by atoms with Crippen molar-refractivity contribution in [2.75, 3.05) is 0 Å². The first-order valence-electron chi connectivity index (χ1n) is 11.0. The van der Waals surface area contributed by atoms with Crippen molar-refractivity contribution in [1.82, 2.24) is 0 Å². The number of rotatable bonds is 14. The van der Waals surface area contributed by atoms with Crippen LogP contribution in [0.3, 0.4) is 0 Å². The molecule has 0 bridgehead atoms. The topological polar surface area (TPSA) is 86.7 Å². The molecule has 5 nitrogen and oxygen atoms in total. The summed E-state index contributed by atoms with van der Waals surface area (Å²) in [6, 6.07) is 10.7. The number of benzene rings is 2. The Morgan fingerprint density at radius 1 is 0.839 bits per heavy atom. The molecular formula is C24H33KO5S. The summed E-state index contributed by atoms with van der Waals surface area (Å²) in [6.07, 6.45) is 13.5. The smallest absolute Gasteiger partial charge is 0.870 e. The first-order chi connectivity index (χ1) is 14.4. The summed E-state index contributed by atoms with van der Waals surface area (Å²) in [4.78, 5) is -0.357. The fourth-order valence-corrected chi connectivity index (χ4v) is 3.96. The predicted octanol–water partition coefficient (Wildman–Crippen LogP) is 3.27. The van der Waals surface area contributed by atoms with Crippen LogP contribution in [-0.4, -0.2) is 13.0 Å². The Morgan fingerprint density at radius 2 is 1.42 bits per heavy atom. The molecule has 166 valence electrons. The summed E-state index contributed by atoms with van der Waals surface area (Å²) in [7, 11) is -4.40. The molecule has 0 amide bonds. The first-order valence-corrected chi connectivity index (χ1v) is 12.4. The van der Waals surface area contributed by atoms with Gasteiger partial charge < -0.3 is 9.84 Å². The van der Waals surface area contributed by atoms with Gasteiger partial charge in [0, 0.05) is 6.07 Å². The largest absolute Gasteiger partial charge is 1.00 e. The maximum atomic E-state index is 12.1. The molecule has 0 aromatic heterocycles. The van der Waals surface area contributed by atoms with Crippen LogP contribution in [0.1, 0.15) is 76.7 Å². The van der Waals surface area contributed by atoms with Gasteiger partial charge >= 0.3 is 51.4 Å². The molecule has 0 aliphatic carbocycles. The quantitative estimate of drug-likeness (QED) is 0.259. The van der Waals surface area contributed by atoms with Crippen LogP contribution in [-0.2, 0) is 16.5 Å². The maximum Gasteiger partial charge on any atom is 1.00 e. The molecule has 0 unspecified atom stereocenters. The molecule has 0 spiro atoms. The normalized spacial score (nSPS) is 11.2. The van der Waals surface area contributed by atoms with Crippen molar-refractivity contribution in [3.05, 3.63) is 48.0 Å². The maximum absolute atomic E-state index is 12.1. The van der Waals surface area contributed by atoms with Crippen molar-refractivity contribution in [2.45, 2.75) is 82.4 Å². The van der Waals surface area contributed by atoms with Crippen molar-refractivity contribution in [3.8, 4) is 17.2 Å². The van der Waals surface area contributed by atoms with Gasteiger partial charge in [-0.3, -0.25) is 4.55 Å². The van der Waals surface area contributed by atoms with E-state index in [1.807, 2.05) is 18.2 Å². The Morgan fingerprint density at radius 3 is 2.03 bits per heavy atom. The fourth-order valence-electron chi connectivity index (χ4n) is 3.46. The van der Waals surface area contributed by atoms with Crippen molar-refractivity contribution < 1.29 is 74.2 Å². The van der Waals surface area contributed by atoms with Gasteiger partial charge in [0.25, 0.3) is 10.1 Å². The summed E-state index contributed by atoms with van der Waals surface area (Å²) >= 11 is 0. The van der Waals surface area contributed by atoms with Gasteiger partial charge in [0.1, 0.15) is 11.5 Å². The predicted molar refractivity (Wildman–Crippen MR) is 118 cm³/mol. The molecule has 2 aromatic rings. The van der Waals surface area contributed by atoms with Crippen LogP contribution in [0.2, 0.25) is 0 Å². The number of hydrogen-bond donors (Lipinski definition) is 1. The summed E-state index contributed by atoms with van der Waals surface area (Å²) in [5, 5.41) is 12.1. The van der Waals surface area contributed by atoms with Gasteiger partial charge in [-0.05, 0) is 30.5 Å². The number of aryl methyl sites for hydroxylation is 1. The molecule has 0 radical (unpaired) electrons. The summed E-state index contributed by atoms with van der Waals surface area (Å²) < 4.78 is 37.6. The van der Waals surface area contributed by atoms with Gasteiger partial charge in [-0.15, -0.1) is 0 Å². The van der Waals surface area contributed by atoms with E-state index < -0.39 is 15.9 Å². The molecule has 0 fully saturated rings. The minimum absolute atomic E-state index is 0. The van der Waals surface area contributed by atoms with Crippen LogP contribution >= 0.6 is 0 Å². The molecular weight excluding hydrogens is 439 g/mol. The second-order valence-corrected chi connectivity index (χ2v) is 9.15. The Labute approximate surface area is 229 Å². The summed E-state index contributed by atoms with van der Waals surface area (Å²) in [5.41, 5.74) is 0.980. The van der Waals surface area contributed by atoms with Gasteiger partial charge in [-0.1, -0.05) is 94.7 Å². The second-order valence-electron chi connectivity index (χ2n) is 7.73. The monoisotopic (exact) mass is 472 g/mol. The minimum atomic E-state index is -4.40. The van der Waals surface area contributed by atoms with Gasteiger partial charge in [0.05, 0.1) is 4.90 Å². The van der Waals surface area contributed by atoms with E-state index in [4.69, 9.17) is 4.74 Å². The van der Waals surface area contributed by atoms with Crippen molar-refractivity contribution >= 4 is 10.1 Å². The number of para-hydroxylation sites is 1. The molecule has 0 saturated heterocycles. The van der Waals surface area contributed by atoms with Crippen molar-refractivity contribution in [2.24, 2.45) is 0 Å². The minimum Gasteiger partial charge on any atom is -0.870 e. The Kier molecular flexibility index (Phi) is 14.2. The van der Waals surface area contributed by atoms with E-state index in [1.165, 1.54) is 51.4 Å². The molecule has 2 rings (SSSR count). The summed E-state index contributed by atoms with van der Waals surface area (Å²) in [6.45, 7) is 2.24. The molecule has 31 heavy (non-hydrogen) atoms. The molecule has 0 saturated carbocycles. The average Bonchev–Trinajstić information content (AvgIpc) is 2.71. The molecule has 0 aliphatic heterocycles. The van der Waals surface area contributed by atoms with Crippen LogP contribution in [0.4, 0.5) is 0 Å². The molecule has 7 heteroatoms. The zero-order valence-electron chi connectivity index (χ0n) is 18.8. The third-order valence-corrected chi connectivity index (χ3v) is 6.05. The Hall–Kier alpha value is -0.414. The molecule has 2 aromatic carbocycles. The zero-order valence-corrected chi connectivity index (χ0v) is 22.7. The van der Waals surface area contributed by atoms with E-state index in [9.17, 15) is 18.1 Å². The molecule has 0 heterocycles. The van der Waals surface area contributed by atoms with Crippen LogP contribution in [0.15, 0.2) is 47.4 Å². The van der Waals surface area contributed by atoms with E-state index in [1.54, 1.807) is 6.07 Å². The van der Waals surface area contributed by atoms with E-state index in [0.29, 0.717) is 5.75 Å². The van der Waals surface area contributed by atoms with Crippen molar-refractivity contribution in [1.29, 1.82) is 0 Å². The fraction of sp³-hybridized carbons (Fsp3) is 0.500. The van der Waals surface area contributed by atoms with E-state index in [2.05, 4.69) is 6.92 Å². The van der Waals surface area contributed by atoms with Crippen LogP contribution in [0.25, 0.3) is 0 Å². The van der Waals surface area contributed by atoms with E-state index in [-0.39, 0.29) is 62.0 Å². The van der Waals surface area contributed by atoms with Crippen LogP contribution in [0, 0.1) is 0 Å². The van der Waals surface area contributed by atoms with Gasteiger partial charge in [-0.2, -0.15) is 8.42 Å². The van der Waals surface area contributed by atoms with Gasteiger partial charge in [-0.25, -0.2) is 0 Å². The standard InChI is InChI=1S/C24H34O5S.K/c1-2-3-4-5-6-7-8-9-10-11-14-20-15-12-13-16-23(20)29-24-19-21(30(26,27)28)17-18-22(24)25;/h12-13,15-19,25H,2-11,14H2,1H3,(H,26,27,28);/q;+1/p-1. The van der Waals surface area contributed by atoms with Crippen LogP contribution in [0.5, 0.6) is 17.2 Å². The Balaban J connectivity index is 0.00000480.